The largest absolute Gasteiger partial charge is 0.504 e. The Labute approximate surface area is 191 Å². The number of imide groups is 1. The Hall–Kier alpha value is -3.84. The number of carbonyl (C=O) groups is 2. The topological polar surface area (TPSA) is 79.3 Å². The van der Waals surface area contributed by atoms with E-state index in [1.165, 1.54) is 4.90 Å². The zero-order valence-electron chi connectivity index (χ0n) is 18.1. The molecule has 0 spiro atoms. The summed E-state index contributed by atoms with van der Waals surface area (Å²) in [6, 6.07) is 23.2. The number of ether oxygens (including phenoxy) is 1. The monoisotopic (exact) mass is 444 g/mol. The van der Waals surface area contributed by atoms with Crippen LogP contribution < -0.4 is 9.80 Å². The third-order valence-electron chi connectivity index (χ3n) is 6.03. The maximum absolute atomic E-state index is 13.6. The summed E-state index contributed by atoms with van der Waals surface area (Å²) < 4.78 is 5.57. The summed E-state index contributed by atoms with van der Waals surface area (Å²) >= 11 is 0. The van der Waals surface area contributed by atoms with Gasteiger partial charge in [-0.2, -0.15) is 0 Å². The van der Waals surface area contributed by atoms with Crippen LogP contribution in [0.3, 0.4) is 0 Å². The van der Waals surface area contributed by atoms with Crippen molar-refractivity contribution in [2.45, 2.75) is 25.6 Å². The van der Waals surface area contributed by atoms with E-state index in [2.05, 4.69) is 0 Å². The number of amides is 2. The fourth-order valence-corrected chi connectivity index (χ4v) is 4.52. The number of phenols is 1. The van der Waals surface area contributed by atoms with Crippen molar-refractivity contribution in [1.82, 2.24) is 4.90 Å². The Morgan fingerprint density at radius 2 is 1.64 bits per heavy atom. The first-order chi connectivity index (χ1) is 16.1. The summed E-state index contributed by atoms with van der Waals surface area (Å²) in [4.78, 5) is 34.2. The van der Waals surface area contributed by atoms with Crippen LogP contribution in [-0.4, -0.2) is 34.5 Å². The van der Waals surface area contributed by atoms with E-state index in [0.717, 1.165) is 16.8 Å². The van der Waals surface area contributed by atoms with Crippen LogP contribution in [0.15, 0.2) is 78.9 Å². The number of para-hydroxylation sites is 1. The number of fused-ring (bicyclic) bond motifs is 1. The lowest BCUT2D eigenvalue weighted by molar-refractivity contribution is -0.143. The van der Waals surface area contributed by atoms with Gasteiger partial charge in [0, 0.05) is 0 Å². The highest BCUT2D eigenvalue weighted by atomic mass is 16.7. The summed E-state index contributed by atoms with van der Waals surface area (Å²) in [5.74, 6) is -1.00. The number of hydrogen-bond acceptors (Lipinski definition) is 6. The lowest BCUT2D eigenvalue weighted by Crippen LogP contribution is -2.36. The number of nitrogens with zero attached hydrogens (tertiary/aromatic N) is 2. The van der Waals surface area contributed by atoms with Crippen molar-refractivity contribution in [3.05, 3.63) is 90.0 Å². The third kappa shape index (κ3) is 3.70. The van der Waals surface area contributed by atoms with Crippen molar-refractivity contribution in [1.29, 1.82) is 0 Å². The molecule has 2 fully saturated rings. The Kier molecular flexibility index (Phi) is 5.48. The van der Waals surface area contributed by atoms with Gasteiger partial charge in [0.2, 0.25) is 5.91 Å². The molecule has 2 saturated heterocycles. The Balaban J connectivity index is 1.54. The molecule has 0 radical (unpaired) electrons. The fraction of sp³-hybridized carbons (Fsp3) is 0.231. The van der Waals surface area contributed by atoms with Crippen LogP contribution in [0.2, 0.25) is 0 Å². The fourth-order valence-electron chi connectivity index (χ4n) is 4.52. The molecule has 168 valence electrons. The molecule has 0 unspecified atom stereocenters. The quantitative estimate of drug-likeness (QED) is 0.582. The van der Waals surface area contributed by atoms with Crippen LogP contribution in [0.25, 0.3) is 0 Å². The SMILES string of the molecule is CCOc1cc([C@H]2[C@H]3C(=O)N(Cc4ccccc4)C(=O)[C@H]3ON2c2ccccc2)ccc1O. The number of anilines is 1. The summed E-state index contributed by atoms with van der Waals surface area (Å²) in [6.45, 7) is 2.42. The van der Waals surface area contributed by atoms with Crippen molar-refractivity contribution in [3.8, 4) is 11.5 Å². The second kappa shape index (κ2) is 8.60. The molecule has 0 aliphatic carbocycles. The molecule has 2 amide bonds. The summed E-state index contributed by atoms with van der Waals surface area (Å²) in [6.07, 6.45) is -0.921. The highest BCUT2D eigenvalue weighted by molar-refractivity contribution is 6.07. The van der Waals surface area contributed by atoms with E-state index in [1.54, 1.807) is 23.3 Å². The van der Waals surface area contributed by atoms with Crippen molar-refractivity contribution < 1.29 is 24.3 Å². The van der Waals surface area contributed by atoms with E-state index in [1.807, 2.05) is 67.6 Å². The molecule has 0 saturated carbocycles. The molecule has 0 aromatic heterocycles. The Morgan fingerprint density at radius 3 is 2.33 bits per heavy atom. The van der Waals surface area contributed by atoms with E-state index < -0.39 is 18.1 Å². The normalized spacial score (nSPS) is 22.0. The Bertz CT molecular complexity index is 1170. The number of hydrogen-bond donors (Lipinski definition) is 1. The number of carbonyl (C=O) groups excluding carboxylic acids is 2. The molecule has 7 heteroatoms. The molecule has 3 aromatic carbocycles. The molecule has 1 N–H and O–H groups in total. The maximum Gasteiger partial charge on any atom is 0.262 e. The molecule has 2 aliphatic heterocycles. The smallest absolute Gasteiger partial charge is 0.262 e. The van der Waals surface area contributed by atoms with E-state index in [4.69, 9.17) is 9.57 Å². The van der Waals surface area contributed by atoms with E-state index in [0.29, 0.717) is 12.4 Å². The first-order valence-electron chi connectivity index (χ1n) is 10.9. The van der Waals surface area contributed by atoms with Gasteiger partial charge in [0.25, 0.3) is 5.91 Å². The van der Waals surface area contributed by atoms with E-state index in [9.17, 15) is 14.7 Å². The standard InChI is InChI=1S/C26H24N2O5/c1-2-32-21-15-18(13-14-20(21)29)23-22-24(33-28(23)19-11-7-4-8-12-19)26(31)27(25(22)30)16-17-9-5-3-6-10-17/h3-15,22-24,29H,2,16H2,1H3/t22-,23+,24+/m1/s1. The van der Waals surface area contributed by atoms with Gasteiger partial charge in [-0.15, -0.1) is 0 Å². The number of phenolic OH excluding ortho intramolecular Hbond substituents is 1. The zero-order valence-corrected chi connectivity index (χ0v) is 18.1. The number of aromatic hydroxyl groups is 1. The van der Waals surface area contributed by atoms with Gasteiger partial charge in [0.15, 0.2) is 17.6 Å². The molecule has 0 bridgehead atoms. The van der Waals surface area contributed by atoms with Gasteiger partial charge in [0.1, 0.15) is 5.92 Å². The summed E-state index contributed by atoms with van der Waals surface area (Å²) in [5.41, 5.74) is 2.33. The van der Waals surface area contributed by atoms with Gasteiger partial charge in [-0.1, -0.05) is 54.6 Å². The second-order valence-corrected chi connectivity index (χ2v) is 8.07. The molecule has 3 atom stereocenters. The van der Waals surface area contributed by atoms with Gasteiger partial charge in [-0.05, 0) is 42.3 Å². The minimum absolute atomic E-state index is 0.0156. The minimum atomic E-state index is -0.921. The number of benzene rings is 3. The van der Waals surface area contributed by atoms with Crippen LogP contribution in [0.1, 0.15) is 24.1 Å². The van der Waals surface area contributed by atoms with Crippen molar-refractivity contribution in [2.75, 3.05) is 11.7 Å². The molecule has 7 nitrogen and oxygen atoms in total. The molecule has 33 heavy (non-hydrogen) atoms. The lowest BCUT2D eigenvalue weighted by Gasteiger charge is -2.29. The van der Waals surface area contributed by atoms with E-state index in [-0.39, 0.29) is 24.1 Å². The number of rotatable bonds is 6. The van der Waals surface area contributed by atoms with Gasteiger partial charge in [0.05, 0.1) is 24.9 Å². The van der Waals surface area contributed by atoms with Gasteiger partial charge in [-0.3, -0.25) is 19.3 Å². The van der Waals surface area contributed by atoms with Gasteiger partial charge < -0.3 is 9.84 Å². The van der Waals surface area contributed by atoms with Crippen LogP contribution >= 0.6 is 0 Å². The lowest BCUT2D eigenvalue weighted by atomic mass is 9.90. The molecule has 2 heterocycles. The molecule has 3 aromatic rings. The van der Waals surface area contributed by atoms with Gasteiger partial charge >= 0.3 is 0 Å². The number of likely N-dealkylation sites (tertiary alicyclic amines) is 1. The minimum Gasteiger partial charge on any atom is -0.504 e. The first kappa shape index (κ1) is 21.0. The van der Waals surface area contributed by atoms with Gasteiger partial charge in [-0.25, -0.2) is 5.06 Å². The third-order valence-corrected chi connectivity index (χ3v) is 6.03. The number of hydroxylamine groups is 1. The predicted octanol–water partition coefficient (Wildman–Crippen LogP) is 3.84. The Morgan fingerprint density at radius 1 is 0.939 bits per heavy atom. The molecule has 5 rings (SSSR count). The van der Waals surface area contributed by atoms with Crippen molar-refractivity contribution >= 4 is 17.5 Å². The highest BCUT2D eigenvalue weighted by Gasteiger charge is 2.59. The van der Waals surface area contributed by atoms with Crippen LogP contribution in [-0.2, 0) is 21.0 Å². The molecule has 2 aliphatic rings. The van der Waals surface area contributed by atoms with Crippen LogP contribution in [0.4, 0.5) is 5.69 Å². The highest BCUT2D eigenvalue weighted by Crippen LogP contribution is 2.48. The second-order valence-electron chi connectivity index (χ2n) is 8.07. The molecular weight excluding hydrogens is 420 g/mol. The van der Waals surface area contributed by atoms with E-state index >= 15 is 0 Å². The summed E-state index contributed by atoms with van der Waals surface area (Å²) in [5, 5.41) is 11.8. The maximum atomic E-state index is 13.6. The summed E-state index contributed by atoms with van der Waals surface area (Å²) in [7, 11) is 0. The van der Waals surface area contributed by atoms with Crippen LogP contribution in [0.5, 0.6) is 11.5 Å². The molecular formula is C26H24N2O5. The van der Waals surface area contributed by atoms with Crippen molar-refractivity contribution in [3.63, 3.8) is 0 Å². The predicted molar refractivity (Wildman–Crippen MR) is 121 cm³/mol. The average molecular weight is 444 g/mol. The zero-order chi connectivity index (χ0) is 22.9. The first-order valence-corrected chi connectivity index (χ1v) is 10.9. The van der Waals surface area contributed by atoms with Crippen molar-refractivity contribution in [2.24, 2.45) is 5.92 Å². The van der Waals surface area contributed by atoms with Crippen LogP contribution in [0, 0.1) is 5.92 Å². The average Bonchev–Trinajstić information content (AvgIpc) is 3.34.